The van der Waals surface area contributed by atoms with Crippen molar-refractivity contribution in [2.45, 2.75) is 11.7 Å². The second-order valence-electron chi connectivity index (χ2n) is 4.41. The summed E-state index contributed by atoms with van der Waals surface area (Å²) < 4.78 is 27.8. The van der Waals surface area contributed by atoms with E-state index in [1.54, 1.807) is 24.3 Å². The number of anilines is 1. The lowest BCUT2D eigenvalue weighted by atomic mass is 10.3. The molecule has 1 aromatic rings. The third-order valence-corrected chi connectivity index (χ3v) is 4.27. The molecule has 1 aromatic carbocycles. The molecule has 1 aliphatic rings. The molecule has 6 nitrogen and oxygen atoms in total. The van der Waals surface area contributed by atoms with Gasteiger partial charge in [0.25, 0.3) is 0 Å². The lowest BCUT2D eigenvalue weighted by molar-refractivity contribution is -0.117. The lowest BCUT2D eigenvalue weighted by Gasteiger charge is -2.16. The third kappa shape index (κ3) is 3.10. The average Bonchev–Trinajstić information content (AvgIpc) is 2.79. The van der Waals surface area contributed by atoms with Crippen molar-refractivity contribution in [2.75, 3.05) is 18.1 Å². The molecule has 0 spiro atoms. The topological polar surface area (TPSA) is 89.7 Å². The molecule has 0 radical (unpaired) electrons. The van der Waals surface area contributed by atoms with Crippen molar-refractivity contribution in [3.8, 4) is 18.1 Å². The van der Waals surface area contributed by atoms with Crippen LogP contribution in [0.3, 0.4) is 0 Å². The molecule has 1 fully saturated rings. The predicted octanol–water partition coefficient (Wildman–Crippen LogP) is 0.0924. The number of benzene rings is 1. The Kier molecular flexibility index (Phi) is 3.97. The second-order valence-corrected chi connectivity index (χ2v) is 6.25. The Hall–Kier alpha value is -2.04. The van der Waals surface area contributed by atoms with E-state index < -0.39 is 15.3 Å². The smallest absolute Gasteiger partial charge is 0.228 e. The summed E-state index contributed by atoms with van der Waals surface area (Å²) in [6.45, 7) is 0.234. The van der Waals surface area contributed by atoms with E-state index in [9.17, 15) is 13.2 Å². The van der Waals surface area contributed by atoms with Crippen LogP contribution in [0.1, 0.15) is 6.42 Å². The third-order valence-electron chi connectivity index (χ3n) is 3.02. The predicted molar refractivity (Wildman–Crippen MR) is 74.6 cm³/mol. The first-order chi connectivity index (χ1) is 9.41. The minimum absolute atomic E-state index is 0.0717. The van der Waals surface area contributed by atoms with Crippen LogP contribution in [0.25, 0.3) is 0 Å². The van der Waals surface area contributed by atoms with Gasteiger partial charge in [-0.1, -0.05) is 5.92 Å². The molecule has 1 unspecified atom stereocenters. The summed E-state index contributed by atoms with van der Waals surface area (Å²) in [5.74, 6) is 2.67. The van der Waals surface area contributed by atoms with Crippen molar-refractivity contribution in [1.29, 1.82) is 0 Å². The van der Waals surface area contributed by atoms with E-state index in [1.807, 2.05) is 0 Å². The van der Waals surface area contributed by atoms with Crippen LogP contribution in [0, 0.1) is 12.3 Å². The number of carbonyl (C=O) groups excluding carboxylic acids is 1. The zero-order chi connectivity index (χ0) is 14.8. The van der Waals surface area contributed by atoms with Gasteiger partial charge in [-0.25, -0.2) is 13.6 Å². The van der Waals surface area contributed by atoms with Gasteiger partial charge in [0.1, 0.15) is 17.6 Å². The lowest BCUT2D eigenvalue weighted by Crippen LogP contribution is -2.32. The molecular formula is C13H14N2O4S. The number of amides is 1. The molecule has 1 amide bonds. The molecule has 2 N–H and O–H groups in total. The summed E-state index contributed by atoms with van der Waals surface area (Å²) in [6.07, 6.45) is 4.99. The van der Waals surface area contributed by atoms with Crippen molar-refractivity contribution >= 4 is 21.6 Å². The maximum Gasteiger partial charge on any atom is 0.228 e. The van der Waals surface area contributed by atoms with Gasteiger partial charge in [0.2, 0.25) is 15.9 Å². The number of carbonyl (C=O) groups is 1. The van der Waals surface area contributed by atoms with Gasteiger partial charge in [-0.15, -0.1) is 6.42 Å². The molecule has 2 rings (SSSR count). The first kappa shape index (κ1) is 14.4. The van der Waals surface area contributed by atoms with Gasteiger partial charge in [0, 0.05) is 18.7 Å². The number of hydrogen-bond donors (Lipinski definition) is 1. The maximum atomic E-state index is 11.8. The quantitative estimate of drug-likeness (QED) is 0.797. The monoisotopic (exact) mass is 294 g/mol. The summed E-state index contributed by atoms with van der Waals surface area (Å²) in [7, 11) is -3.71. The fourth-order valence-corrected chi connectivity index (χ4v) is 2.72. The first-order valence-corrected chi connectivity index (χ1v) is 7.51. The van der Waals surface area contributed by atoms with E-state index in [2.05, 4.69) is 5.92 Å². The maximum absolute atomic E-state index is 11.8. The van der Waals surface area contributed by atoms with Gasteiger partial charge < -0.3 is 9.64 Å². The zero-order valence-corrected chi connectivity index (χ0v) is 11.5. The van der Waals surface area contributed by atoms with E-state index in [4.69, 9.17) is 16.3 Å². The number of rotatable bonds is 4. The van der Waals surface area contributed by atoms with Crippen LogP contribution in [-0.2, 0) is 14.8 Å². The van der Waals surface area contributed by atoms with Crippen LogP contribution in [0.5, 0.6) is 5.75 Å². The Morgan fingerprint density at radius 1 is 1.40 bits per heavy atom. The van der Waals surface area contributed by atoms with Crippen LogP contribution in [0.15, 0.2) is 24.3 Å². The Morgan fingerprint density at radius 2 is 2.05 bits per heavy atom. The standard InChI is InChI=1S/C13H14N2O4S/c1-2-7-19-11-5-3-10(4-6-11)15-9-12(8-13(15)16)20(14,17)18/h1,3-6,12H,7-9H2,(H2,14,17,18). The van der Waals surface area contributed by atoms with Crippen molar-refractivity contribution in [2.24, 2.45) is 5.14 Å². The van der Waals surface area contributed by atoms with Gasteiger partial charge in [0.15, 0.2) is 0 Å². The number of nitrogens with two attached hydrogens (primary N) is 1. The Balaban J connectivity index is 2.13. The van der Waals surface area contributed by atoms with Gasteiger partial charge in [-0.2, -0.15) is 0 Å². The highest BCUT2D eigenvalue weighted by Crippen LogP contribution is 2.26. The molecule has 0 aromatic heterocycles. The second kappa shape index (κ2) is 5.53. The van der Waals surface area contributed by atoms with Gasteiger partial charge in [0.05, 0.1) is 0 Å². The molecule has 0 saturated carbocycles. The van der Waals surface area contributed by atoms with Crippen LogP contribution >= 0.6 is 0 Å². The van der Waals surface area contributed by atoms with E-state index in [-0.39, 0.29) is 25.5 Å². The molecule has 0 aliphatic carbocycles. The molecule has 1 heterocycles. The minimum Gasteiger partial charge on any atom is -0.481 e. The molecule has 1 aliphatic heterocycles. The molecule has 0 bridgehead atoms. The Morgan fingerprint density at radius 3 is 2.55 bits per heavy atom. The molecule has 7 heteroatoms. The highest BCUT2D eigenvalue weighted by molar-refractivity contribution is 7.89. The Bertz CT molecular complexity index is 646. The number of ether oxygens (including phenoxy) is 1. The summed E-state index contributed by atoms with van der Waals surface area (Å²) in [5, 5.41) is 4.22. The average molecular weight is 294 g/mol. The van der Waals surface area contributed by atoms with Gasteiger partial charge >= 0.3 is 0 Å². The number of sulfonamides is 1. The fourth-order valence-electron chi connectivity index (χ4n) is 1.99. The van der Waals surface area contributed by atoms with Crippen LogP contribution in [-0.4, -0.2) is 32.7 Å². The van der Waals surface area contributed by atoms with Crippen LogP contribution in [0.4, 0.5) is 5.69 Å². The molecule has 1 atom stereocenters. The zero-order valence-electron chi connectivity index (χ0n) is 10.7. The highest BCUT2D eigenvalue weighted by atomic mass is 32.2. The van der Waals surface area contributed by atoms with E-state index >= 15 is 0 Å². The number of hydrogen-bond acceptors (Lipinski definition) is 4. The molecule has 106 valence electrons. The summed E-state index contributed by atoms with van der Waals surface area (Å²) in [4.78, 5) is 13.2. The SMILES string of the molecule is C#CCOc1ccc(N2CC(S(N)(=O)=O)CC2=O)cc1. The first-order valence-electron chi connectivity index (χ1n) is 5.90. The van der Waals surface area contributed by atoms with E-state index in [0.717, 1.165) is 0 Å². The van der Waals surface area contributed by atoms with Crippen LogP contribution < -0.4 is 14.8 Å². The van der Waals surface area contributed by atoms with Crippen molar-refractivity contribution in [1.82, 2.24) is 0 Å². The van der Waals surface area contributed by atoms with E-state index in [0.29, 0.717) is 11.4 Å². The molecular weight excluding hydrogens is 280 g/mol. The van der Waals surface area contributed by atoms with Gasteiger partial charge in [-0.05, 0) is 24.3 Å². The number of terminal acetylenes is 1. The largest absolute Gasteiger partial charge is 0.481 e. The molecule has 1 saturated heterocycles. The number of primary sulfonamides is 1. The highest BCUT2D eigenvalue weighted by Gasteiger charge is 2.37. The van der Waals surface area contributed by atoms with Crippen molar-refractivity contribution < 1.29 is 17.9 Å². The summed E-state index contributed by atoms with van der Waals surface area (Å²) in [5.41, 5.74) is 0.606. The Labute approximate surface area is 117 Å². The van der Waals surface area contributed by atoms with E-state index in [1.165, 1.54) is 4.90 Å². The normalized spacial score (nSPS) is 18.9. The molecule has 20 heavy (non-hydrogen) atoms. The van der Waals surface area contributed by atoms with Gasteiger partial charge in [-0.3, -0.25) is 4.79 Å². The van der Waals surface area contributed by atoms with Crippen LogP contribution in [0.2, 0.25) is 0 Å². The van der Waals surface area contributed by atoms with Crippen molar-refractivity contribution in [3.05, 3.63) is 24.3 Å². The summed E-state index contributed by atoms with van der Waals surface area (Å²) in [6, 6.07) is 6.69. The fraction of sp³-hybridized carbons (Fsp3) is 0.308. The number of nitrogens with zero attached hydrogens (tertiary/aromatic N) is 1. The minimum atomic E-state index is -3.71. The van der Waals surface area contributed by atoms with Crippen molar-refractivity contribution in [3.63, 3.8) is 0 Å². The summed E-state index contributed by atoms with van der Waals surface area (Å²) >= 11 is 0.